The van der Waals surface area contributed by atoms with Gasteiger partial charge in [-0.15, -0.1) is 0 Å². The molecule has 1 aliphatic rings. The summed E-state index contributed by atoms with van der Waals surface area (Å²) in [5.41, 5.74) is 0.421. The van der Waals surface area contributed by atoms with E-state index in [9.17, 15) is 14.7 Å². The molecule has 0 saturated heterocycles. The van der Waals surface area contributed by atoms with Crippen LogP contribution < -0.4 is 5.56 Å². The normalized spacial score (nSPS) is 21.9. The molecule has 1 saturated carbocycles. The maximum atomic E-state index is 12.1. The van der Waals surface area contributed by atoms with Crippen molar-refractivity contribution < 1.29 is 9.90 Å². The van der Waals surface area contributed by atoms with Crippen molar-refractivity contribution in [3.63, 3.8) is 0 Å². The van der Waals surface area contributed by atoms with E-state index < -0.39 is 0 Å². The maximum absolute atomic E-state index is 12.1. The molecule has 2 unspecified atom stereocenters. The molecule has 1 aromatic heterocycles. The van der Waals surface area contributed by atoms with E-state index in [2.05, 4.69) is 5.10 Å². The zero-order valence-electron chi connectivity index (χ0n) is 12.0. The van der Waals surface area contributed by atoms with Crippen LogP contribution in [0, 0.1) is 12.8 Å². The van der Waals surface area contributed by atoms with Crippen molar-refractivity contribution in [2.24, 2.45) is 5.92 Å². The van der Waals surface area contributed by atoms with Gasteiger partial charge >= 0.3 is 0 Å². The predicted octanol–water partition coefficient (Wildman–Crippen LogP) is 0.171. The van der Waals surface area contributed by atoms with Crippen LogP contribution in [0.15, 0.2) is 16.9 Å². The zero-order valence-corrected chi connectivity index (χ0v) is 12.0. The van der Waals surface area contributed by atoms with Gasteiger partial charge in [-0.2, -0.15) is 5.10 Å². The Labute approximate surface area is 118 Å². The second kappa shape index (κ2) is 6.17. The largest absolute Gasteiger partial charge is 0.393 e. The van der Waals surface area contributed by atoms with Crippen LogP contribution in [0.4, 0.5) is 0 Å². The molecule has 0 spiro atoms. The third-order valence-electron chi connectivity index (χ3n) is 3.84. The van der Waals surface area contributed by atoms with Gasteiger partial charge in [0.25, 0.3) is 5.56 Å². The van der Waals surface area contributed by atoms with Crippen molar-refractivity contribution >= 4 is 5.91 Å². The summed E-state index contributed by atoms with van der Waals surface area (Å²) in [5.74, 6) is -0.0181. The van der Waals surface area contributed by atoms with Crippen LogP contribution >= 0.6 is 0 Å². The molecular weight excluding hydrogens is 258 g/mol. The lowest BCUT2D eigenvalue weighted by molar-refractivity contribution is -0.131. The Morgan fingerprint density at radius 3 is 2.90 bits per heavy atom. The molecule has 6 heteroatoms. The molecule has 6 nitrogen and oxygen atoms in total. The molecule has 1 N–H and O–H groups in total. The van der Waals surface area contributed by atoms with E-state index >= 15 is 0 Å². The van der Waals surface area contributed by atoms with E-state index in [-0.39, 0.29) is 30.0 Å². The van der Waals surface area contributed by atoms with Crippen molar-refractivity contribution in [2.75, 3.05) is 13.6 Å². The fourth-order valence-electron chi connectivity index (χ4n) is 2.60. The Morgan fingerprint density at radius 1 is 1.50 bits per heavy atom. The minimum Gasteiger partial charge on any atom is -0.393 e. The van der Waals surface area contributed by atoms with E-state index in [1.807, 2.05) is 0 Å². The number of hydrogen-bond donors (Lipinski definition) is 1. The summed E-state index contributed by atoms with van der Waals surface area (Å²) >= 11 is 0. The van der Waals surface area contributed by atoms with Crippen molar-refractivity contribution in [1.29, 1.82) is 0 Å². The third kappa shape index (κ3) is 3.45. The van der Waals surface area contributed by atoms with Crippen molar-refractivity contribution in [2.45, 2.75) is 38.8 Å². The highest BCUT2D eigenvalue weighted by Gasteiger charge is 2.27. The van der Waals surface area contributed by atoms with Gasteiger partial charge in [-0.25, -0.2) is 4.68 Å². The van der Waals surface area contributed by atoms with Gasteiger partial charge < -0.3 is 10.0 Å². The molecule has 0 radical (unpaired) electrons. The summed E-state index contributed by atoms with van der Waals surface area (Å²) < 4.78 is 1.18. The van der Waals surface area contributed by atoms with Crippen molar-refractivity contribution in [1.82, 2.24) is 14.7 Å². The number of aliphatic hydroxyl groups is 1. The van der Waals surface area contributed by atoms with Crippen LogP contribution in [-0.4, -0.2) is 45.4 Å². The van der Waals surface area contributed by atoms with Crippen LogP contribution in [0.3, 0.4) is 0 Å². The van der Waals surface area contributed by atoms with Gasteiger partial charge in [0.1, 0.15) is 6.54 Å². The quantitative estimate of drug-likeness (QED) is 0.852. The first-order chi connectivity index (χ1) is 9.47. The number of nitrogens with zero attached hydrogens (tertiary/aromatic N) is 3. The summed E-state index contributed by atoms with van der Waals surface area (Å²) in [5, 5.41) is 13.8. The molecule has 1 fully saturated rings. The van der Waals surface area contributed by atoms with Gasteiger partial charge in [-0.1, -0.05) is 6.42 Å². The first-order valence-electron chi connectivity index (χ1n) is 6.94. The number of hydrogen-bond acceptors (Lipinski definition) is 4. The van der Waals surface area contributed by atoms with Gasteiger partial charge in [0.2, 0.25) is 5.91 Å². The SMILES string of the molecule is Cc1ccc(=O)n(CC(=O)N(C)CC2CCCC2O)n1. The average molecular weight is 279 g/mol. The lowest BCUT2D eigenvalue weighted by atomic mass is 10.1. The van der Waals surface area contributed by atoms with Crippen LogP contribution in [0.5, 0.6) is 0 Å². The standard InChI is InChI=1S/C14H21N3O3/c1-10-6-7-13(19)17(15-10)9-14(20)16(2)8-11-4-3-5-12(11)18/h6-7,11-12,18H,3-5,8-9H2,1-2H3. The first-order valence-corrected chi connectivity index (χ1v) is 6.94. The van der Waals surface area contributed by atoms with Crippen LogP contribution in [0.25, 0.3) is 0 Å². The molecule has 1 heterocycles. The number of aliphatic hydroxyl groups excluding tert-OH is 1. The Hall–Kier alpha value is -1.69. The zero-order chi connectivity index (χ0) is 14.7. The van der Waals surface area contributed by atoms with Gasteiger partial charge in [-0.3, -0.25) is 9.59 Å². The Bertz CT molecular complexity index is 541. The first kappa shape index (κ1) is 14.7. The average Bonchev–Trinajstić information content (AvgIpc) is 2.79. The van der Waals surface area contributed by atoms with Gasteiger partial charge in [0, 0.05) is 25.6 Å². The molecule has 1 amide bonds. The lowest BCUT2D eigenvalue weighted by Crippen LogP contribution is -2.38. The molecule has 0 bridgehead atoms. The molecule has 110 valence electrons. The Morgan fingerprint density at radius 2 is 2.25 bits per heavy atom. The van der Waals surface area contributed by atoms with E-state index in [4.69, 9.17) is 0 Å². The number of aryl methyl sites for hydroxylation is 1. The second-order valence-corrected chi connectivity index (χ2v) is 5.50. The van der Waals surface area contributed by atoms with Crippen molar-refractivity contribution in [3.05, 3.63) is 28.2 Å². The number of aromatic nitrogens is 2. The third-order valence-corrected chi connectivity index (χ3v) is 3.84. The van der Waals surface area contributed by atoms with Gasteiger partial charge in [0.05, 0.1) is 11.8 Å². The highest BCUT2D eigenvalue weighted by atomic mass is 16.3. The van der Waals surface area contributed by atoms with E-state index in [0.29, 0.717) is 12.2 Å². The van der Waals surface area contributed by atoms with Crippen molar-refractivity contribution in [3.8, 4) is 0 Å². The minimum absolute atomic E-state index is 0.0557. The molecule has 1 aliphatic carbocycles. The van der Waals surface area contributed by atoms with Crippen LogP contribution in [0.2, 0.25) is 0 Å². The Balaban J connectivity index is 1.97. The van der Waals surface area contributed by atoms with E-state index in [0.717, 1.165) is 19.3 Å². The summed E-state index contributed by atoms with van der Waals surface area (Å²) in [6.07, 6.45) is 2.45. The topological polar surface area (TPSA) is 75.4 Å². The molecule has 2 atom stereocenters. The monoisotopic (exact) mass is 279 g/mol. The fraction of sp³-hybridized carbons (Fsp3) is 0.643. The number of carbonyl (C=O) groups is 1. The summed E-state index contributed by atoms with van der Waals surface area (Å²) in [7, 11) is 1.70. The molecule has 2 rings (SSSR count). The maximum Gasteiger partial charge on any atom is 0.267 e. The molecular formula is C14H21N3O3. The van der Waals surface area contributed by atoms with E-state index in [1.54, 1.807) is 24.9 Å². The predicted molar refractivity (Wildman–Crippen MR) is 74.2 cm³/mol. The van der Waals surface area contributed by atoms with Crippen LogP contribution in [0.1, 0.15) is 25.0 Å². The number of amides is 1. The number of carbonyl (C=O) groups excluding carboxylic acids is 1. The Kier molecular flexibility index (Phi) is 4.54. The number of likely N-dealkylation sites (N-methyl/N-ethyl adjacent to an activating group) is 1. The summed E-state index contributed by atoms with van der Waals surface area (Å²) in [4.78, 5) is 25.3. The molecule has 1 aromatic rings. The highest BCUT2D eigenvalue weighted by molar-refractivity contribution is 5.75. The van der Waals surface area contributed by atoms with E-state index in [1.165, 1.54) is 10.7 Å². The number of rotatable bonds is 4. The molecule has 20 heavy (non-hydrogen) atoms. The van der Waals surface area contributed by atoms with Gasteiger partial charge in [0.15, 0.2) is 0 Å². The lowest BCUT2D eigenvalue weighted by Gasteiger charge is -2.23. The minimum atomic E-state index is -0.315. The summed E-state index contributed by atoms with van der Waals surface area (Å²) in [6, 6.07) is 3.04. The molecule has 0 aromatic carbocycles. The summed E-state index contributed by atoms with van der Waals surface area (Å²) in [6.45, 7) is 2.25. The second-order valence-electron chi connectivity index (χ2n) is 5.50. The highest BCUT2D eigenvalue weighted by Crippen LogP contribution is 2.25. The molecule has 0 aliphatic heterocycles. The fourth-order valence-corrected chi connectivity index (χ4v) is 2.60. The van der Waals surface area contributed by atoms with Crippen LogP contribution in [-0.2, 0) is 11.3 Å². The van der Waals surface area contributed by atoms with Gasteiger partial charge in [-0.05, 0) is 25.8 Å². The smallest absolute Gasteiger partial charge is 0.267 e.